The maximum Gasteiger partial charge on any atom is 0.490 e. The number of carboxylic acids is 2. The third-order valence-corrected chi connectivity index (χ3v) is 5.76. The molecule has 17 heteroatoms. The van der Waals surface area contributed by atoms with Crippen molar-refractivity contribution in [2.24, 2.45) is 5.73 Å². The first-order valence-electron chi connectivity index (χ1n) is 12.7. The number of alkyl halides is 3. The number of hydrogen-bond donors (Lipinski definition) is 5. The van der Waals surface area contributed by atoms with Gasteiger partial charge in [0, 0.05) is 37.2 Å². The minimum absolute atomic E-state index is 0.0122. The van der Waals surface area contributed by atoms with Crippen LogP contribution in [-0.2, 0) is 20.9 Å². The summed E-state index contributed by atoms with van der Waals surface area (Å²) in [5.41, 5.74) is 6.66. The highest BCUT2D eigenvalue weighted by molar-refractivity contribution is 6.09. The lowest BCUT2D eigenvalue weighted by Gasteiger charge is -2.23. The lowest BCUT2D eigenvalue weighted by molar-refractivity contribution is -0.384. The summed E-state index contributed by atoms with van der Waals surface area (Å²) in [6, 6.07) is 10.7. The molecule has 2 aromatic rings. The van der Waals surface area contributed by atoms with Crippen LogP contribution in [0, 0.1) is 27.4 Å². The molecule has 0 bridgehead atoms. The van der Waals surface area contributed by atoms with Crippen molar-refractivity contribution in [2.75, 3.05) is 24.5 Å². The average molecular weight is 621 g/mol. The van der Waals surface area contributed by atoms with E-state index in [4.69, 9.17) is 26.2 Å². The summed E-state index contributed by atoms with van der Waals surface area (Å²) in [6.45, 7) is 0.00458. The van der Waals surface area contributed by atoms with E-state index >= 15 is 0 Å². The molecule has 0 aromatic heterocycles. The Labute approximate surface area is 247 Å². The highest BCUT2D eigenvalue weighted by Gasteiger charge is 2.38. The van der Waals surface area contributed by atoms with Gasteiger partial charge in [-0.05, 0) is 30.2 Å². The molecule has 1 heterocycles. The minimum Gasteiger partial charge on any atom is -0.481 e. The number of unbranched alkanes of at least 4 members (excludes halogenated alkanes) is 1. The third-order valence-electron chi connectivity index (χ3n) is 5.76. The lowest BCUT2D eigenvalue weighted by Crippen LogP contribution is -2.40. The molecule has 0 saturated carbocycles. The number of nitrogens with zero attached hydrogens (tertiary/aromatic N) is 3. The summed E-state index contributed by atoms with van der Waals surface area (Å²) in [5.74, 6) is 1.05. The molecule has 2 amide bonds. The second-order valence-electron chi connectivity index (χ2n) is 9.06. The number of amides is 2. The van der Waals surface area contributed by atoms with Crippen LogP contribution in [0.3, 0.4) is 0 Å². The second kappa shape index (κ2) is 15.5. The number of carbonyl (C=O) groups is 4. The summed E-state index contributed by atoms with van der Waals surface area (Å²) in [4.78, 5) is 59.8. The zero-order valence-electron chi connectivity index (χ0n) is 22.9. The average Bonchev–Trinajstić information content (AvgIpc) is 3.03. The van der Waals surface area contributed by atoms with Gasteiger partial charge in [-0.15, -0.1) is 0 Å². The SMILES string of the molecule is N=C(N)NCCCC#Cc1ccc2c(c1)C(=O)N(CCC(=O)O)CC(=O)N2Cc1cccc([N+](=O)[O-])c1.O=C(O)C(F)(F)F. The number of halogens is 3. The number of nitro groups is 1. The highest BCUT2D eigenvalue weighted by atomic mass is 19.4. The predicted molar refractivity (Wildman–Crippen MR) is 149 cm³/mol. The van der Waals surface area contributed by atoms with E-state index in [1.807, 2.05) is 0 Å². The number of nitro benzene ring substituents is 1. The summed E-state index contributed by atoms with van der Waals surface area (Å²) >= 11 is 0. The highest BCUT2D eigenvalue weighted by Crippen LogP contribution is 2.29. The van der Waals surface area contributed by atoms with Gasteiger partial charge in [0.25, 0.3) is 11.6 Å². The number of fused-ring (bicyclic) bond motifs is 1. The molecule has 3 rings (SSSR count). The van der Waals surface area contributed by atoms with Crippen molar-refractivity contribution in [1.82, 2.24) is 10.2 Å². The first-order chi connectivity index (χ1) is 20.6. The fourth-order valence-electron chi connectivity index (χ4n) is 3.75. The van der Waals surface area contributed by atoms with Gasteiger partial charge < -0.3 is 31.1 Å². The topological polar surface area (TPSA) is 220 Å². The van der Waals surface area contributed by atoms with Crippen molar-refractivity contribution in [3.8, 4) is 11.8 Å². The van der Waals surface area contributed by atoms with E-state index in [1.54, 1.807) is 24.3 Å². The van der Waals surface area contributed by atoms with Crippen LogP contribution >= 0.6 is 0 Å². The number of nitrogens with two attached hydrogens (primary N) is 1. The van der Waals surface area contributed by atoms with Crippen LogP contribution in [0.4, 0.5) is 24.5 Å². The summed E-state index contributed by atoms with van der Waals surface area (Å²) in [5, 5.41) is 37.2. The van der Waals surface area contributed by atoms with Crippen molar-refractivity contribution in [3.05, 3.63) is 69.3 Å². The van der Waals surface area contributed by atoms with E-state index < -0.39 is 34.9 Å². The van der Waals surface area contributed by atoms with Gasteiger partial charge in [-0.2, -0.15) is 13.2 Å². The van der Waals surface area contributed by atoms with Gasteiger partial charge in [-0.25, -0.2) is 4.79 Å². The molecule has 0 aliphatic carbocycles. The van der Waals surface area contributed by atoms with Crippen molar-refractivity contribution in [3.63, 3.8) is 0 Å². The van der Waals surface area contributed by atoms with Crippen molar-refractivity contribution < 1.29 is 47.5 Å². The van der Waals surface area contributed by atoms with Crippen LogP contribution in [0.15, 0.2) is 42.5 Å². The Hall–Kier alpha value is -5.66. The Balaban J connectivity index is 0.000000860. The Morgan fingerprint density at radius 1 is 1.16 bits per heavy atom. The lowest BCUT2D eigenvalue weighted by atomic mass is 10.1. The standard InChI is InChI=1S/C25H26N6O6.C2HF3O2/c26-25(27)28-11-3-1-2-5-17-8-9-21-20(14-17)24(35)29(12-10-23(33)34)16-22(32)30(21)15-18-6-4-7-19(13-18)31(36)37;3-2(4,5)1(6)7/h4,6-9,13-14H,1,3,10-12,15-16H2,(H,33,34)(H4,26,27,28);(H,6,7). The Morgan fingerprint density at radius 3 is 2.43 bits per heavy atom. The molecule has 0 spiro atoms. The van der Waals surface area contributed by atoms with E-state index in [9.17, 15) is 37.7 Å². The number of anilines is 1. The van der Waals surface area contributed by atoms with Crippen molar-refractivity contribution in [2.45, 2.75) is 32.0 Å². The largest absolute Gasteiger partial charge is 0.490 e. The number of rotatable bonds is 9. The van der Waals surface area contributed by atoms with Crippen molar-refractivity contribution in [1.29, 1.82) is 5.41 Å². The van der Waals surface area contributed by atoms with Crippen LogP contribution in [0.5, 0.6) is 0 Å². The van der Waals surface area contributed by atoms with Crippen LogP contribution < -0.4 is 16.0 Å². The van der Waals surface area contributed by atoms with Gasteiger partial charge in [0.2, 0.25) is 5.91 Å². The number of carboxylic acid groups (broad SMARTS) is 2. The summed E-state index contributed by atoms with van der Waals surface area (Å²) in [6.07, 6.45) is -4.23. The van der Waals surface area contributed by atoms with E-state index in [2.05, 4.69) is 17.2 Å². The first kappa shape index (κ1) is 34.5. The normalized spacial score (nSPS) is 12.5. The van der Waals surface area contributed by atoms with Crippen LogP contribution in [0.1, 0.15) is 40.7 Å². The van der Waals surface area contributed by atoms with Crippen LogP contribution in [0.25, 0.3) is 0 Å². The molecule has 0 fully saturated rings. The van der Waals surface area contributed by atoms with Crippen molar-refractivity contribution >= 4 is 41.1 Å². The van der Waals surface area contributed by atoms with Gasteiger partial charge in [0.1, 0.15) is 6.54 Å². The van der Waals surface area contributed by atoms with E-state index in [-0.39, 0.29) is 43.3 Å². The molecule has 0 unspecified atom stereocenters. The molecule has 234 valence electrons. The van der Waals surface area contributed by atoms with Gasteiger partial charge in [0.05, 0.1) is 29.1 Å². The zero-order valence-corrected chi connectivity index (χ0v) is 22.9. The number of carbonyl (C=O) groups excluding carboxylic acids is 2. The molecule has 1 aliphatic rings. The van der Waals surface area contributed by atoms with E-state index in [0.717, 1.165) is 0 Å². The Morgan fingerprint density at radius 2 is 1.84 bits per heavy atom. The molecule has 14 nitrogen and oxygen atoms in total. The van der Waals surface area contributed by atoms with E-state index in [0.29, 0.717) is 36.2 Å². The molecular formula is C27H27F3N6O8. The first-order valence-corrected chi connectivity index (χ1v) is 12.7. The predicted octanol–water partition coefficient (Wildman–Crippen LogP) is 2.31. The summed E-state index contributed by atoms with van der Waals surface area (Å²) < 4.78 is 31.7. The zero-order chi connectivity index (χ0) is 33.0. The molecule has 2 aromatic carbocycles. The maximum atomic E-state index is 13.3. The molecule has 0 saturated heterocycles. The number of nitrogens with one attached hydrogen (secondary N) is 2. The fraction of sp³-hybridized carbons (Fsp3) is 0.296. The van der Waals surface area contributed by atoms with Crippen LogP contribution in [0.2, 0.25) is 0 Å². The fourth-order valence-corrected chi connectivity index (χ4v) is 3.75. The monoisotopic (exact) mass is 620 g/mol. The minimum atomic E-state index is -5.08. The molecule has 0 radical (unpaired) electrons. The molecule has 0 atom stereocenters. The van der Waals surface area contributed by atoms with Gasteiger partial charge in [-0.3, -0.25) is 29.9 Å². The quantitative estimate of drug-likeness (QED) is 0.0687. The molecular weight excluding hydrogens is 593 g/mol. The molecule has 6 N–H and O–H groups in total. The van der Waals surface area contributed by atoms with Crippen LogP contribution in [-0.4, -0.2) is 75.6 Å². The smallest absolute Gasteiger partial charge is 0.481 e. The van der Waals surface area contributed by atoms with E-state index in [1.165, 1.54) is 28.0 Å². The number of guanidine groups is 1. The third kappa shape index (κ3) is 10.6. The Bertz CT molecular complexity index is 1500. The number of hydrogen-bond acceptors (Lipinski definition) is 7. The second-order valence-corrected chi connectivity index (χ2v) is 9.06. The molecule has 1 aliphatic heterocycles. The number of aliphatic carboxylic acids is 2. The van der Waals surface area contributed by atoms with Gasteiger partial charge in [0.15, 0.2) is 5.96 Å². The summed E-state index contributed by atoms with van der Waals surface area (Å²) in [7, 11) is 0. The Kier molecular flexibility index (Phi) is 12.2. The maximum absolute atomic E-state index is 13.3. The number of non-ortho nitro benzene ring substituents is 1. The van der Waals surface area contributed by atoms with Gasteiger partial charge >= 0.3 is 18.1 Å². The number of benzene rings is 2. The molecule has 44 heavy (non-hydrogen) atoms. The van der Waals surface area contributed by atoms with Gasteiger partial charge in [-0.1, -0.05) is 24.0 Å².